The highest BCUT2D eigenvalue weighted by atomic mass is 35.5. The Morgan fingerprint density at radius 3 is 2.81 bits per heavy atom. The van der Waals surface area contributed by atoms with Crippen molar-refractivity contribution in [3.8, 4) is 5.75 Å². The summed E-state index contributed by atoms with van der Waals surface area (Å²) in [6.45, 7) is 5.49. The summed E-state index contributed by atoms with van der Waals surface area (Å²) in [6, 6.07) is 3.30. The second kappa shape index (κ2) is 6.67. The van der Waals surface area contributed by atoms with E-state index in [1.54, 1.807) is 6.07 Å². The summed E-state index contributed by atoms with van der Waals surface area (Å²) in [4.78, 5) is 15.2. The molecule has 2 fully saturated rings. The lowest BCUT2D eigenvalue weighted by Gasteiger charge is -2.36. The minimum Gasteiger partial charge on any atom is -0.508 e. The van der Waals surface area contributed by atoms with Crippen molar-refractivity contribution in [3.05, 3.63) is 28.3 Å². The van der Waals surface area contributed by atoms with Gasteiger partial charge in [0.25, 0.3) is 5.95 Å². The Labute approximate surface area is 162 Å². The molecule has 8 nitrogen and oxygen atoms in total. The van der Waals surface area contributed by atoms with E-state index in [4.69, 9.17) is 11.6 Å². The SMILES string of the molecule is Cc1cc(Cl)cc(O)c1C1(C(=O)N[C@@H]2C[C@H](C)CN(c3nn[nH]n3)C2)CC1. The molecule has 0 bridgehead atoms. The highest BCUT2D eigenvalue weighted by molar-refractivity contribution is 6.30. The van der Waals surface area contributed by atoms with Crippen LogP contribution in [0.3, 0.4) is 0 Å². The number of carbonyl (C=O) groups excluding carboxylic acids is 1. The van der Waals surface area contributed by atoms with Crippen molar-refractivity contribution in [2.45, 2.75) is 44.6 Å². The summed E-state index contributed by atoms with van der Waals surface area (Å²) >= 11 is 6.02. The average Bonchev–Trinajstić information content (AvgIpc) is 3.18. The van der Waals surface area contributed by atoms with Crippen LogP contribution in [0.4, 0.5) is 5.95 Å². The summed E-state index contributed by atoms with van der Waals surface area (Å²) < 4.78 is 0. The molecule has 2 aliphatic rings. The van der Waals surface area contributed by atoms with E-state index in [9.17, 15) is 9.90 Å². The highest BCUT2D eigenvalue weighted by Gasteiger charge is 2.54. The number of halogens is 1. The number of hydrogen-bond donors (Lipinski definition) is 3. The van der Waals surface area contributed by atoms with Crippen LogP contribution in [0.2, 0.25) is 5.02 Å². The molecule has 1 aliphatic carbocycles. The second-order valence-electron chi connectivity index (χ2n) is 7.83. The van der Waals surface area contributed by atoms with Gasteiger partial charge in [-0.3, -0.25) is 4.79 Å². The quantitative estimate of drug-likeness (QED) is 0.736. The van der Waals surface area contributed by atoms with Crippen LogP contribution in [-0.4, -0.2) is 50.8 Å². The molecule has 2 atom stereocenters. The molecule has 3 N–H and O–H groups in total. The maximum absolute atomic E-state index is 13.2. The Balaban J connectivity index is 1.52. The fourth-order valence-electron chi connectivity index (χ4n) is 4.30. The third-order valence-electron chi connectivity index (χ3n) is 5.55. The normalized spacial score (nSPS) is 23.9. The molecule has 0 spiro atoms. The number of aromatic amines is 1. The number of hydrogen-bond acceptors (Lipinski definition) is 6. The van der Waals surface area contributed by atoms with Gasteiger partial charge in [0.05, 0.1) is 5.41 Å². The fourth-order valence-corrected chi connectivity index (χ4v) is 4.56. The molecule has 9 heteroatoms. The molecule has 1 amide bonds. The zero-order valence-corrected chi connectivity index (χ0v) is 16.1. The number of H-pyrrole nitrogens is 1. The number of phenols is 1. The predicted molar refractivity (Wildman–Crippen MR) is 101 cm³/mol. The lowest BCUT2D eigenvalue weighted by atomic mass is 9.89. The number of tetrazole rings is 1. The van der Waals surface area contributed by atoms with E-state index in [1.807, 2.05) is 11.8 Å². The first-order valence-electron chi connectivity index (χ1n) is 9.18. The molecule has 1 saturated carbocycles. The molecule has 1 aromatic carbocycles. The van der Waals surface area contributed by atoms with Crippen molar-refractivity contribution >= 4 is 23.5 Å². The molecule has 1 saturated heterocycles. The van der Waals surface area contributed by atoms with Crippen LogP contribution in [-0.2, 0) is 10.2 Å². The van der Waals surface area contributed by atoms with E-state index in [-0.39, 0.29) is 17.7 Å². The fraction of sp³-hybridized carbons (Fsp3) is 0.556. The predicted octanol–water partition coefficient (Wildman–Crippen LogP) is 1.93. The summed E-state index contributed by atoms with van der Waals surface area (Å²) in [7, 11) is 0. The Morgan fingerprint density at radius 1 is 1.41 bits per heavy atom. The number of carbonyl (C=O) groups is 1. The third-order valence-corrected chi connectivity index (χ3v) is 5.77. The van der Waals surface area contributed by atoms with Crippen LogP contribution < -0.4 is 10.2 Å². The maximum atomic E-state index is 13.2. The van der Waals surface area contributed by atoms with Crippen LogP contribution in [0.15, 0.2) is 12.1 Å². The van der Waals surface area contributed by atoms with Crippen molar-refractivity contribution < 1.29 is 9.90 Å². The van der Waals surface area contributed by atoms with Gasteiger partial charge in [0, 0.05) is 29.7 Å². The minimum absolute atomic E-state index is 0.00743. The maximum Gasteiger partial charge on any atom is 0.265 e. The van der Waals surface area contributed by atoms with E-state index in [0.717, 1.165) is 31.4 Å². The van der Waals surface area contributed by atoms with Gasteiger partial charge in [-0.15, -0.1) is 5.10 Å². The molecular weight excluding hydrogens is 368 g/mol. The van der Waals surface area contributed by atoms with E-state index >= 15 is 0 Å². The van der Waals surface area contributed by atoms with Gasteiger partial charge in [-0.25, -0.2) is 0 Å². The number of aromatic nitrogens is 4. The van der Waals surface area contributed by atoms with E-state index in [0.29, 0.717) is 29.0 Å². The molecule has 1 aliphatic heterocycles. The summed E-state index contributed by atoms with van der Waals surface area (Å²) in [5.41, 5.74) is 0.887. The van der Waals surface area contributed by atoms with Gasteiger partial charge in [0.2, 0.25) is 5.91 Å². The van der Waals surface area contributed by atoms with Crippen LogP contribution in [0.25, 0.3) is 0 Å². The molecule has 4 rings (SSSR count). The number of nitrogens with one attached hydrogen (secondary N) is 2. The van der Waals surface area contributed by atoms with Gasteiger partial charge in [-0.2, -0.15) is 5.21 Å². The summed E-state index contributed by atoms with van der Waals surface area (Å²) in [5, 5.41) is 28.3. The number of piperidine rings is 1. The van der Waals surface area contributed by atoms with Crippen molar-refractivity contribution in [3.63, 3.8) is 0 Å². The summed E-state index contributed by atoms with van der Waals surface area (Å²) in [6.07, 6.45) is 2.35. The number of phenolic OH excluding ortho intramolecular Hbond substituents is 1. The monoisotopic (exact) mass is 390 g/mol. The molecule has 144 valence electrons. The first-order chi connectivity index (χ1) is 12.9. The second-order valence-corrected chi connectivity index (χ2v) is 8.26. The van der Waals surface area contributed by atoms with E-state index in [2.05, 4.69) is 32.9 Å². The molecule has 2 heterocycles. The van der Waals surface area contributed by atoms with Crippen LogP contribution in [0.5, 0.6) is 5.75 Å². The first-order valence-corrected chi connectivity index (χ1v) is 9.56. The Kier molecular flexibility index (Phi) is 4.46. The van der Waals surface area contributed by atoms with Gasteiger partial charge in [0.1, 0.15) is 5.75 Å². The van der Waals surface area contributed by atoms with Crippen molar-refractivity contribution in [1.29, 1.82) is 0 Å². The Morgan fingerprint density at radius 2 is 2.19 bits per heavy atom. The topological polar surface area (TPSA) is 107 Å². The molecule has 1 aromatic heterocycles. The first kappa shape index (κ1) is 18.0. The standard InChI is InChI=1S/C18H23ClN6O2/c1-10-5-13(9-25(8-10)17-21-23-24-22-17)20-16(27)18(3-4-18)15-11(2)6-12(19)7-14(15)26/h6-7,10,13,26H,3-5,8-9H2,1-2H3,(H,20,27)(H,21,22,23,24)/t10-,13+/m0/s1. The zero-order valence-electron chi connectivity index (χ0n) is 15.4. The largest absolute Gasteiger partial charge is 0.508 e. The van der Waals surface area contributed by atoms with Crippen molar-refractivity contribution in [2.24, 2.45) is 5.92 Å². The number of aryl methyl sites for hydroxylation is 1. The highest BCUT2D eigenvalue weighted by Crippen LogP contribution is 2.53. The smallest absolute Gasteiger partial charge is 0.265 e. The van der Waals surface area contributed by atoms with Crippen molar-refractivity contribution in [2.75, 3.05) is 18.0 Å². The number of benzene rings is 1. The number of nitrogens with zero attached hydrogens (tertiary/aromatic N) is 4. The summed E-state index contributed by atoms with van der Waals surface area (Å²) in [5.74, 6) is 1.00. The van der Waals surface area contributed by atoms with Gasteiger partial charge >= 0.3 is 0 Å². The Bertz CT molecular complexity index is 829. The molecule has 27 heavy (non-hydrogen) atoms. The zero-order chi connectivity index (χ0) is 19.2. The van der Waals surface area contributed by atoms with Gasteiger partial charge in [0.15, 0.2) is 0 Å². The lowest BCUT2D eigenvalue weighted by molar-refractivity contribution is -0.124. The molecule has 2 aromatic rings. The van der Waals surface area contributed by atoms with Gasteiger partial charge in [-0.1, -0.05) is 23.6 Å². The van der Waals surface area contributed by atoms with Crippen LogP contribution in [0, 0.1) is 12.8 Å². The number of rotatable bonds is 4. The average molecular weight is 391 g/mol. The third kappa shape index (κ3) is 3.34. The minimum atomic E-state index is -0.656. The van der Waals surface area contributed by atoms with E-state index in [1.165, 1.54) is 6.07 Å². The molecule has 0 unspecified atom stereocenters. The van der Waals surface area contributed by atoms with Crippen LogP contribution in [0.1, 0.15) is 37.3 Å². The van der Waals surface area contributed by atoms with Gasteiger partial charge in [-0.05, 0) is 55.0 Å². The number of anilines is 1. The number of amides is 1. The number of aromatic hydroxyl groups is 1. The molecular formula is C18H23ClN6O2. The Hall–Kier alpha value is -2.35. The lowest BCUT2D eigenvalue weighted by Crippen LogP contribution is -2.52. The van der Waals surface area contributed by atoms with E-state index < -0.39 is 5.41 Å². The van der Waals surface area contributed by atoms with Crippen molar-refractivity contribution in [1.82, 2.24) is 25.9 Å². The van der Waals surface area contributed by atoms with Crippen LogP contribution >= 0.6 is 11.6 Å². The molecule has 0 radical (unpaired) electrons. The van der Waals surface area contributed by atoms with Gasteiger partial charge < -0.3 is 15.3 Å².